The predicted molar refractivity (Wildman–Crippen MR) is 65.6 cm³/mol. The molecule has 0 saturated carbocycles. The van der Waals surface area contributed by atoms with Crippen molar-refractivity contribution in [1.29, 1.82) is 0 Å². The highest BCUT2D eigenvalue weighted by Gasteiger charge is 2.08. The molecule has 0 amide bonds. The van der Waals surface area contributed by atoms with Crippen molar-refractivity contribution < 1.29 is 9.53 Å². The van der Waals surface area contributed by atoms with E-state index in [0.29, 0.717) is 15.6 Å². The van der Waals surface area contributed by atoms with Crippen LogP contribution in [-0.2, 0) is 9.53 Å². The zero-order valence-corrected chi connectivity index (χ0v) is 10.2. The first-order chi connectivity index (χ1) is 8.08. The quantitative estimate of drug-likeness (QED) is 0.276. The van der Waals surface area contributed by atoms with E-state index < -0.39 is 5.97 Å². The largest absolute Gasteiger partial charge is 0.466 e. The van der Waals surface area contributed by atoms with Gasteiger partial charge < -0.3 is 4.74 Å². The molecule has 0 bridgehead atoms. The van der Waals surface area contributed by atoms with E-state index in [0.717, 1.165) is 0 Å². The Balaban J connectivity index is 3.21. The summed E-state index contributed by atoms with van der Waals surface area (Å²) in [4.78, 5) is 13.8. The van der Waals surface area contributed by atoms with Gasteiger partial charge in [0.2, 0.25) is 0 Å². The van der Waals surface area contributed by atoms with Crippen LogP contribution in [0.4, 0.5) is 0 Å². The van der Waals surface area contributed by atoms with Crippen molar-refractivity contribution in [2.24, 2.45) is 5.11 Å². The lowest BCUT2D eigenvalue weighted by molar-refractivity contribution is -0.136. The fourth-order valence-electron chi connectivity index (χ4n) is 1.05. The summed E-state index contributed by atoms with van der Waals surface area (Å²) in [6.07, 6.45) is 1.32. The van der Waals surface area contributed by atoms with Crippen LogP contribution in [0.15, 0.2) is 29.0 Å². The van der Waals surface area contributed by atoms with Gasteiger partial charge in [-0.1, -0.05) is 34.4 Å². The normalized spacial score (nSPS) is 10.6. The molecule has 1 aromatic carbocycles. The van der Waals surface area contributed by atoms with Crippen LogP contribution in [0.3, 0.4) is 0 Å². The van der Waals surface area contributed by atoms with E-state index in [9.17, 15) is 4.79 Å². The summed E-state index contributed by atoms with van der Waals surface area (Å²) >= 11 is 11.6. The number of hydrogen-bond acceptors (Lipinski definition) is 3. The van der Waals surface area contributed by atoms with E-state index in [-0.39, 0.29) is 5.70 Å². The average molecular weight is 272 g/mol. The molecule has 0 atom stereocenters. The molecule has 88 valence electrons. The van der Waals surface area contributed by atoms with Crippen molar-refractivity contribution in [2.45, 2.75) is 0 Å². The number of esters is 1. The minimum Gasteiger partial charge on any atom is -0.466 e. The fourth-order valence-corrected chi connectivity index (χ4v) is 1.51. The topological polar surface area (TPSA) is 75.1 Å². The van der Waals surface area contributed by atoms with E-state index in [4.69, 9.17) is 28.7 Å². The van der Waals surface area contributed by atoms with E-state index >= 15 is 0 Å². The van der Waals surface area contributed by atoms with Crippen molar-refractivity contribution in [2.75, 3.05) is 7.11 Å². The monoisotopic (exact) mass is 271 g/mol. The second kappa shape index (κ2) is 6.15. The number of nitrogens with zero attached hydrogens (tertiary/aromatic N) is 3. The molecule has 0 aliphatic carbocycles. The van der Waals surface area contributed by atoms with Crippen LogP contribution in [0.2, 0.25) is 10.0 Å². The highest BCUT2D eigenvalue weighted by molar-refractivity contribution is 6.35. The maximum atomic E-state index is 11.3. The molecule has 0 fully saturated rings. The van der Waals surface area contributed by atoms with Gasteiger partial charge in [0.25, 0.3) is 0 Å². The number of ether oxygens (including phenoxy) is 1. The van der Waals surface area contributed by atoms with Gasteiger partial charge in [0, 0.05) is 15.0 Å². The molecule has 1 rings (SSSR count). The molecule has 0 heterocycles. The molecule has 1 aromatic rings. The lowest BCUT2D eigenvalue weighted by Crippen LogP contribution is -2.01. The highest BCUT2D eigenvalue weighted by Crippen LogP contribution is 2.23. The first-order valence-electron chi connectivity index (χ1n) is 4.38. The Morgan fingerprint density at radius 3 is 2.76 bits per heavy atom. The molecule has 7 heteroatoms. The van der Waals surface area contributed by atoms with Gasteiger partial charge >= 0.3 is 5.97 Å². The number of halogens is 2. The Morgan fingerprint density at radius 2 is 2.24 bits per heavy atom. The number of benzene rings is 1. The van der Waals surface area contributed by atoms with Gasteiger partial charge in [-0.25, -0.2) is 4.79 Å². The maximum absolute atomic E-state index is 11.3. The summed E-state index contributed by atoms with van der Waals surface area (Å²) in [5.74, 6) is -0.742. The first kappa shape index (κ1) is 13.4. The zero-order chi connectivity index (χ0) is 12.8. The summed E-state index contributed by atoms with van der Waals surface area (Å²) in [6.45, 7) is 0. The number of methoxy groups -OCH3 is 1. The second-order valence-corrected chi connectivity index (χ2v) is 3.72. The Kier molecular flexibility index (Phi) is 4.84. The maximum Gasteiger partial charge on any atom is 0.340 e. The zero-order valence-electron chi connectivity index (χ0n) is 8.72. The molecule has 5 nitrogen and oxygen atoms in total. The molecule has 0 aromatic heterocycles. The Hall–Kier alpha value is -1.68. The predicted octanol–water partition coefficient (Wildman–Crippen LogP) is 3.82. The standard InChI is InChI=1S/C10H7Cl2N3O2/c1-17-10(16)9(14-15-13)4-6-2-3-7(11)5-8(6)12/h2-5H,1H3. The van der Waals surface area contributed by atoms with Gasteiger partial charge in [-0.15, -0.1) is 0 Å². The molecule has 0 aliphatic heterocycles. The van der Waals surface area contributed by atoms with Crippen molar-refractivity contribution >= 4 is 35.2 Å². The van der Waals surface area contributed by atoms with Crippen molar-refractivity contribution in [3.05, 3.63) is 49.9 Å². The van der Waals surface area contributed by atoms with Gasteiger partial charge in [0.05, 0.1) is 7.11 Å². The van der Waals surface area contributed by atoms with Gasteiger partial charge in [0.1, 0.15) is 5.70 Å². The van der Waals surface area contributed by atoms with Gasteiger partial charge in [0.15, 0.2) is 0 Å². The Bertz CT molecular complexity index is 522. The Morgan fingerprint density at radius 1 is 1.53 bits per heavy atom. The minimum atomic E-state index is -0.742. The summed E-state index contributed by atoms with van der Waals surface area (Å²) in [6, 6.07) is 4.71. The third-order valence-electron chi connectivity index (χ3n) is 1.80. The van der Waals surface area contributed by atoms with Gasteiger partial charge in [-0.2, -0.15) is 0 Å². The summed E-state index contributed by atoms with van der Waals surface area (Å²) in [7, 11) is 1.19. The first-order valence-corrected chi connectivity index (χ1v) is 5.14. The molecule has 0 saturated heterocycles. The van der Waals surface area contributed by atoms with Crippen molar-refractivity contribution in [1.82, 2.24) is 0 Å². The van der Waals surface area contributed by atoms with E-state index in [1.165, 1.54) is 19.3 Å². The molecule has 0 N–H and O–H groups in total. The van der Waals surface area contributed by atoms with Crippen molar-refractivity contribution in [3.8, 4) is 0 Å². The van der Waals surface area contributed by atoms with Crippen LogP contribution in [0, 0.1) is 0 Å². The molecule has 0 unspecified atom stereocenters. The van der Waals surface area contributed by atoms with E-state index in [2.05, 4.69) is 14.8 Å². The number of rotatable bonds is 3. The highest BCUT2D eigenvalue weighted by atomic mass is 35.5. The van der Waals surface area contributed by atoms with Crippen LogP contribution in [0.5, 0.6) is 0 Å². The summed E-state index contributed by atoms with van der Waals surface area (Å²) in [5, 5.41) is 4.04. The smallest absolute Gasteiger partial charge is 0.340 e. The summed E-state index contributed by atoms with van der Waals surface area (Å²) < 4.78 is 4.46. The number of hydrogen-bond donors (Lipinski definition) is 0. The second-order valence-electron chi connectivity index (χ2n) is 2.88. The lowest BCUT2D eigenvalue weighted by atomic mass is 10.2. The summed E-state index contributed by atoms with van der Waals surface area (Å²) in [5.41, 5.74) is 8.65. The number of carbonyl (C=O) groups is 1. The van der Waals surface area contributed by atoms with Crippen LogP contribution in [0.1, 0.15) is 5.56 Å². The van der Waals surface area contributed by atoms with Crippen LogP contribution >= 0.6 is 23.2 Å². The molecule has 0 aliphatic rings. The Labute approximate surface area is 107 Å². The molecular weight excluding hydrogens is 265 g/mol. The third-order valence-corrected chi connectivity index (χ3v) is 2.36. The number of carbonyl (C=O) groups excluding carboxylic acids is 1. The average Bonchev–Trinajstić information content (AvgIpc) is 2.30. The van der Waals surface area contributed by atoms with Crippen molar-refractivity contribution in [3.63, 3.8) is 0 Å². The molecule has 0 radical (unpaired) electrons. The van der Waals surface area contributed by atoms with E-state index in [1.54, 1.807) is 12.1 Å². The molecule has 0 spiro atoms. The van der Waals surface area contributed by atoms with E-state index in [1.807, 2.05) is 0 Å². The fraction of sp³-hybridized carbons (Fsp3) is 0.100. The SMILES string of the molecule is COC(=O)C(=Cc1ccc(Cl)cc1Cl)N=[N+]=[N-]. The van der Waals surface area contributed by atoms with Crippen LogP contribution < -0.4 is 0 Å². The third kappa shape index (κ3) is 3.67. The number of azide groups is 1. The van der Waals surface area contributed by atoms with Crippen LogP contribution in [-0.4, -0.2) is 13.1 Å². The molecular formula is C10H7Cl2N3O2. The van der Waals surface area contributed by atoms with Crippen LogP contribution in [0.25, 0.3) is 16.5 Å². The lowest BCUT2D eigenvalue weighted by Gasteiger charge is -2.01. The van der Waals surface area contributed by atoms with Gasteiger partial charge in [-0.05, 0) is 29.3 Å². The minimum absolute atomic E-state index is 0.181. The van der Waals surface area contributed by atoms with Gasteiger partial charge in [-0.3, -0.25) is 0 Å². The molecule has 17 heavy (non-hydrogen) atoms.